The van der Waals surface area contributed by atoms with Crippen LogP contribution in [-0.2, 0) is 6.54 Å². The number of hydrogen-bond donors (Lipinski definition) is 0. The minimum absolute atomic E-state index is 0. The number of piperazine rings is 1. The zero-order chi connectivity index (χ0) is 16.4. The summed E-state index contributed by atoms with van der Waals surface area (Å²) >= 11 is 7.63. The van der Waals surface area contributed by atoms with E-state index < -0.39 is 5.82 Å². The first-order valence-electron chi connectivity index (χ1n) is 7.41. The van der Waals surface area contributed by atoms with E-state index in [-0.39, 0.29) is 28.9 Å². The van der Waals surface area contributed by atoms with Crippen molar-refractivity contribution in [3.05, 3.63) is 50.7 Å². The highest BCUT2D eigenvalue weighted by atomic mass is 35.5. The first kappa shape index (κ1) is 19.1. The van der Waals surface area contributed by atoms with Gasteiger partial charge in [-0.05, 0) is 19.1 Å². The minimum atomic E-state index is -0.566. The highest BCUT2D eigenvalue weighted by Gasteiger charge is 2.26. The van der Waals surface area contributed by atoms with Crippen molar-refractivity contribution in [3.8, 4) is 0 Å². The fraction of sp³-hybridized carbons (Fsp3) is 0.375. The van der Waals surface area contributed by atoms with Gasteiger partial charge in [-0.2, -0.15) is 0 Å². The van der Waals surface area contributed by atoms with E-state index in [4.69, 9.17) is 11.6 Å². The molecule has 1 fully saturated rings. The smallest absolute Gasteiger partial charge is 0.258 e. The third-order valence-electron chi connectivity index (χ3n) is 3.86. The van der Waals surface area contributed by atoms with Crippen LogP contribution in [0.3, 0.4) is 0 Å². The molecule has 0 spiro atoms. The van der Waals surface area contributed by atoms with Gasteiger partial charge in [-0.3, -0.25) is 9.69 Å². The molecule has 1 saturated heterocycles. The van der Waals surface area contributed by atoms with E-state index in [0.29, 0.717) is 13.1 Å². The molecular formula is C16H18Cl2FN3OS. The average Bonchev–Trinajstić information content (AvgIpc) is 2.93. The van der Waals surface area contributed by atoms with Crippen molar-refractivity contribution < 1.29 is 9.18 Å². The number of aryl methyl sites for hydroxylation is 1. The predicted molar refractivity (Wildman–Crippen MR) is 96.7 cm³/mol. The van der Waals surface area contributed by atoms with E-state index in [1.165, 1.54) is 12.1 Å². The maximum absolute atomic E-state index is 13.9. The third kappa shape index (κ3) is 4.25. The van der Waals surface area contributed by atoms with Gasteiger partial charge < -0.3 is 4.90 Å². The number of benzene rings is 1. The zero-order valence-electron chi connectivity index (χ0n) is 13.2. The minimum Gasteiger partial charge on any atom is -0.336 e. The summed E-state index contributed by atoms with van der Waals surface area (Å²) < 4.78 is 13.9. The summed E-state index contributed by atoms with van der Waals surface area (Å²) in [5.41, 5.74) is 1.01. The zero-order valence-corrected chi connectivity index (χ0v) is 15.6. The standard InChI is InChI=1S/C16H17ClFN3OS.ClH/c1-11-10-23-14(19-11)9-20-5-7-21(8-6-20)16(22)15-12(17)3-2-4-13(15)18;/h2-4,10H,5-9H2,1H3;1H. The van der Waals surface area contributed by atoms with Crippen LogP contribution in [0.15, 0.2) is 23.6 Å². The number of carbonyl (C=O) groups excluding carboxylic acids is 1. The highest BCUT2D eigenvalue weighted by Crippen LogP contribution is 2.22. The Morgan fingerprint density at radius 3 is 2.62 bits per heavy atom. The van der Waals surface area contributed by atoms with Gasteiger partial charge in [0.15, 0.2) is 0 Å². The highest BCUT2D eigenvalue weighted by molar-refractivity contribution is 7.09. The molecule has 0 saturated carbocycles. The summed E-state index contributed by atoms with van der Waals surface area (Å²) in [7, 11) is 0. The van der Waals surface area contributed by atoms with E-state index in [2.05, 4.69) is 9.88 Å². The summed E-state index contributed by atoms with van der Waals surface area (Å²) in [6.45, 7) is 5.39. The second kappa shape index (κ2) is 8.25. The Morgan fingerprint density at radius 1 is 1.33 bits per heavy atom. The summed E-state index contributed by atoms with van der Waals surface area (Å²) in [5.74, 6) is -0.902. The van der Waals surface area contributed by atoms with E-state index in [0.717, 1.165) is 30.3 Å². The van der Waals surface area contributed by atoms with Crippen molar-refractivity contribution in [2.45, 2.75) is 13.5 Å². The molecule has 2 aromatic rings. The molecular weight excluding hydrogens is 372 g/mol. The summed E-state index contributed by atoms with van der Waals surface area (Å²) in [6, 6.07) is 4.31. The molecule has 24 heavy (non-hydrogen) atoms. The lowest BCUT2D eigenvalue weighted by molar-refractivity contribution is 0.0624. The fourth-order valence-electron chi connectivity index (χ4n) is 2.64. The van der Waals surface area contributed by atoms with Gasteiger partial charge in [-0.25, -0.2) is 9.37 Å². The van der Waals surface area contributed by atoms with Crippen molar-refractivity contribution in [1.82, 2.24) is 14.8 Å². The first-order valence-corrected chi connectivity index (χ1v) is 8.67. The van der Waals surface area contributed by atoms with Crippen LogP contribution in [0.25, 0.3) is 0 Å². The number of aromatic nitrogens is 1. The van der Waals surface area contributed by atoms with Crippen molar-refractivity contribution in [2.75, 3.05) is 26.2 Å². The number of hydrogen-bond acceptors (Lipinski definition) is 4. The quantitative estimate of drug-likeness (QED) is 0.803. The molecule has 3 rings (SSSR count). The van der Waals surface area contributed by atoms with Gasteiger partial charge in [0, 0.05) is 37.3 Å². The van der Waals surface area contributed by atoms with Crippen LogP contribution in [-0.4, -0.2) is 46.9 Å². The SMILES string of the molecule is Cc1csc(CN2CCN(C(=O)c3c(F)cccc3Cl)CC2)n1.Cl. The Hall–Kier alpha value is -1.21. The van der Waals surface area contributed by atoms with Crippen LogP contribution in [0.2, 0.25) is 5.02 Å². The summed E-state index contributed by atoms with van der Waals surface area (Å²) in [5, 5.41) is 3.28. The van der Waals surface area contributed by atoms with Crippen molar-refractivity contribution in [2.24, 2.45) is 0 Å². The number of nitrogens with zero attached hydrogens (tertiary/aromatic N) is 3. The van der Waals surface area contributed by atoms with Gasteiger partial charge in [0.25, 0.3) is 5.91 Å². The molecule has 0 aliphatic carbocycles. The van der Waals surface area contributed by atoms with E-state index in [1.54, 1.807) is 22.3 Å². The molecule has 0 radical (unpaired) electrons. The van der Waals surface area contributed by atoms with Gasteiger partial charge in [-0.15, -0.1) is 23.7 Å². The summed E-state index contributed by atoms with van der Waals surface area (Å²) in [6.07, 6.45) is 0. The molecule has 1 amide bonds. The predicted octanol–water partition coefficient (Wildman–Crippen LogP) is 3.62. The molecule has 8 heteroatoms. The van der Waals surface area contributed by atoms with Crippen molar-refractivity contribution >= 4 is 41.3 Å². The van der Waals surface area contributed by atoms with E-state index in [1.807, 2.05) is 12.3 Å². The molecule has 0 N–H and O–H groups in total. The van der Waals surface area contributed by atoms with Gasteiger partial charge in [0.05, 0.1) is 17.1 Å². The molecule has 2 heterocycles. The molecule has 1 aliphatic rings. The fourth-order valence-corrected chi connectivity index (χ4v) is 3.69. The van der Waals surface area contributed by atoms with Crippen LogP contribution < -0.4 is 0 Å². The van der Waals surface area contributed by atoms with Crippen LogP contribution in [0, 0.1) is 12.7 Å². The third-order valence-corrected chi connectivity index (χ3v) is 5.13. The average molecular weight is 390 g/mol. The lowest BCUT2D eigenvalue weighted by Gasteiger charge is -2.34. The second-order valence-electron chi connectivity index (χ2n) is 5.55. The number of thiazole rings is 1. The molecule has 1 aromatic heterocycles. The number of rotatable bonds is 3. The number of halogens is 3. The molecule has 1 aliphatic heterocycles. The Bertz CT molecular complexity index is 697. The van der Waals surface area contributed by atoms with Crippen LogP contribution >= 0.6 is 35.3 Å². The maximum Gasteiger partial charge on any atom is 0.258 e. The Balaban J connectivity index is 0.00000208. The molecule has 0 bridgehead atoms. The first-order chi connectivity index (χ1) is 11.0. The summed E-state index contributed by atoms with van der Waals surface area (Å²) in [4.78, 5) is 20.9. The second-order valence-corrected chi connectivity index (χ2v) is 6.90. The Labute approximate surface area is 155 Å². The van der Waals surface area contributed by atoms with Gasteiger partial charge in [0.2, 0.25) is 0 Å². The molecule has 0 unspecified atom stereocenters. The van der Waals surface area contributed by atoms with Crippen molar-refractivity contribution in [3.63, 3.8) is 0 Å². The van der Waals surface area contributed by atoms with E-state index >= 15 is 0 Å². The molecule has 1 aromatic carbocycles. The van der Waals surface area contributed by atoms with Crippen LogP contribution in [0.1, 0.15) is 21.1 Å². The van der Waals surface area contributed by atoms with Crippen LogP contribution in [0.5, 0.6) is 0 Å². The Morgan fingerprint density at radius 2 is 2.04 bits per heavy atom. The monoisotopic (exact) mass is 389 g/mol. The number of carbonyl (C=O) groups is 1. The van der Waals surface area contributed by atoms with E-state index in [9.17, 15) is 9.18 Å². The number of amides is 1. The molecule has 130 valence electrons. The van der Waals surface area contributed by atoms with Crippen molar-refractivity contribution in [1.29, 1.82) is 0 Å². The van der Waals surface area contributed by atoms with Crippen LogP contribution in [0.4, 0.5) is 4.39 Å². The lowest BCUT2D eigenvalue weighted by Crippen LogP contribution is -2.48. The largest absolute Gasteiger partial charge is 0.336 e. The van der Waals surface area contributed by atoms with Gasteiger partial charge in [-0.1, -0.05) is 17.7 Å². The van der Waals surface area contributed by atoms with Gasteiger partial charge >= 0.3 is 0 Å². The van der Waals surface area contributed by atoms with Gasteiger partial charge in [0.1, 0.15) is 10.8 Å². The lowest BCUT2D eigenvalue weighted by atomic mass is 10.1. The maximum atomic E-state index is 13.9. The molecule has 4 nitrogen and oxygen atoms in total. The molecule has 0 atom stereocenters. The normalized spacial score (nSPS) is 15.2. The topological polar surface area (TPSA) is 36.4 Å². The Kier molecular flexibility index (Phi) is 6.57.